The van der Waals surface area contributed by atoms with Gasteiger partial charge in [0, 0.05) is 28.3 Å². The highest BCUT2D eigenvalue weighted by Gasteiger charge is 2.19. The van der Waals surface area contributed by atoms with Crippen LogP contribution >= 0.6 is 11.6 Å². The van der Waals surface area contributed by atoms with E-state index >= 15 is 0 Å². The Hall–Kier alpha value is -3.70. The minimum absolute atomic E-state index is 0.296. The summed E-state index contributed by atoms with van der Waals surface area (Å²) in [4.78, 5) is 15.6. The van der Waals surface area contributed by atoms with Crippen LogP contribution in [0, 0.1) is 10.1 Å². The SMILES string of the molecule is O=[N+]([O-])c1cc(Cc2ccccc2Cl)cc(C=Nc2ccc3c4c(cccc24)CC3)c1O. The van der Waals surface area contributed by atoms with Gasteiger partial charge in [0.2, 0.25) is 5.75 Å². The van der Waals surface area contributed by atoms with Crippen LogP contribution < -0.4 is 0 Å². The van der Waals surface area contributed by atoms with Crippen molar-refractivity contribution >= 4 is 40.0 Å². The van der Waals surface area contributed by atoms with Gasteiger partial charge in [0.05, 0.1) is 10.6 Å². The summed E-state index contributed by atoms with van der Waals surface area (Å²) in [5.41, 5.74) is 4.87. The quantitative estimate of drug-likeness (QED) is 0.216. The molecule has 6 heteroatoms. The monoisotopic (exact) mass is 442 g/mol. The molecular formula is C26H19ClN2O3. The molecule has 0 bridgehead atoms. The molecule has 1 aliphatic rings. The van der Waals surface area contributed by atoms with Gasteiger partial charge in [-0.15, -0.1) is 0 Å². The summed E-state index contributed by atoms with van der Waals surface area (Å²) in [7, 11) is 0. The summed E-state index contributed by atoms with van der Waals surface area (Å²) >= 11 is 6.27. The predicted octanol–water partition coefficient (Wildman–Crippen LogP) is 6.55. The molecule has 0 saturated heterocycles. The van der Waals surface area contributed by atoms with Gasteiger partial charge in [-0.25, -0.2) is 0 Å². The second-order valence-electron chi connectivity index (χ2n) is 7.92. The van der Waals surface area contributed by atoms with Gasteiger partial charge in [-0.05, 0) is 65.1 Å². The highest BCUT2D eigenvalue weighted by Crippen LogP contribution is 2.37. The van der Waals surface area contributed by atoms with Crippen LogP contribution in [0.25, 0.3) is 10.8 Å². The van der Waals surface area contributed by atoms with Crippen molar-refractivity contribution in [1.82, 2.24) is 0 Å². The van der Waals surface area contributed by atoms with Crippen molar-refractivity contribution in [3.05, 3.63) is 110 Å². The molecule has 0 saturated carbocycles. The number of benzene rings is 4. The van der Waals surface area contributed by atoms with E-state index in [0.717, 1.165) is 29.5 Å². The summed E-state index contributed by atoms with van der Waals surface area (Å²) in [5, 5.41) is 25.0. The number of nitro benzene ring substituents is 1. The standard InChI is InChI=1S/C26H19ClN2O3/c27-22-7-2-1-4-19(22)12-16-13-20(26(30)24(14-16)29(31)32)15-28-23-11-10-18-9-8-17-5-3-6-21(23)25(17)18/h1-7,10-11,13-15,30H,8-9,12H2. The first-order valence-corrected chi connectivity index (χ1v) is 10.7. The van der Waals surface area contributed by atoms with E-state index in [0.29, 0.717) is 22.6 Å². The third-order valence-electron chi connectivity index (χ3n) is 5.92. The van der Waals surface area contributed by atoms with Crippen LogP contribution in [0.4, 0.5) is 11.4 Å². The largest absolute Gasteiger partial charge is 0.502 e. The fraction of sp³-hybridized carbons (Fsp3) is 0.115. The van der Waals surface area contributed by atoms with Gasteiger partial charge in [0.15, 0.2) is 0 Å². The van der Waals surface area contributed by atoms with Gasteiger partial charge in [0.1, 0.15) is 0 Å². The number of hydrogen-bond donors (Lipinski definition) is 1. The zero-order valence-electron chi connectivity index (χ0n) is 17.1. The second kappa shape index (κ2) is 8.09. The van der Waals surface area contributed by atoms with Crippen molar-refractivity contribution in [2.75, 3.05) is 0 Å². The van der Waals surface area contributed by atoms with Gasteiger partial charge in [-0.2, -0.15) is 0 Å². The number of aryl methyl sites for hydroxylation is 2. The smallest absolute Gasteiger partial charge is 0.311 e. The molecule has 0 aromatic heterocycles. The third kappa shape index (κ3) is 3.61. The Balaban J connectivity index is 1.57. The van der Waals surface area contributed by atoms with Gasteiger partial charge in [-0.1, -0.05) is 54.1 Å². The minimum Gasteiger partial charge on any atom is -0.502 e. The summed E-state index contributed by atoms with van der Waals surface area (Å²) in [6, 6.07) is 20.7. The number of nitro groups is 1. The minimum atomic E-state index is -0.582. The molecule has 0 spiro atoms. The third-order valence-corrected chi connectivity index (χ3v) is 6.29. The molecule has 0 fully saturated rings. The number of halogens is 1. The number of phenolic OH excluding ortho intramolecular Hbond substituents is 1. The van der Waals surface area contributed by atoms with E-state index in [4.69, 9.17) is 11.6 Å². The Labute approximate surface area is 189 Å². The van der Waals surface area contributed by atoms with Crippen LogP contribution in [-0.4, -0.2) is 16.2 Å². The number of rotatable bonds is 5. The molecule has 5 nitrogen and oxygen atoms in total. The fourth-order valence-electron chi connectivity index (χ4n) is 4.39. The number of aromatic hydroxyl groups is 1. The molecule has 32 heavy (non-hydrogen) atoms. The molecular weight excluding hydrogens is 424 g/mol. The Morgan fingerprint density at radius 1 is 1.03 bits per heavy atom. The maximum Gasteiger partial charge on any atom is 0.311 e. The first-order valence-electron chi connectivity index (χ1n) is 10.3. The maximum absolute atomic E-state index is 11.6. The highest BCUT2D eigenvalue weighted by molar-refractivity contribution is 6.31. The molecule has 0 unspecified atom stereocenters. The summed E-state index contributed by atoms with van der Waals surface area (Å²) in [6.07, 6.45) is 3.95. The second-order valence-corrected chi connectivity index (χ2v) is 8.33. The number of nitrogens with zero attached hydrogens (tertiary/aromatic N) is 2. The van der Waals surface area contributed by atoms with Crippen LogP contribution in [0.5, 0.6) is 5.75 Å². The van der Waals surface area contributed by atoms with Gasteiger partial charge in [-0.3, -0.25) is 15.1 Å². The lowest BCUT2D eigenvalue weighted by atomic mass is 10.0. The molecule has 1 N–H and O–H groups in total. The van der Waals surface area contributed by atoms with E-state index in [2.05, 4.69) is 17.1 Å². The molecule has 0 radical (unpaired) electrons. The molecule has 5 rings (SSSR count). The van der Waals surface area contributed by atoms with Crippen LogP contribution in [0.1, 0.15) is 27.8 Å². The fourth-order valence-corrected chi connectivity index (χ4v) is 4.59. The van der Waals surface area contributed by atoms with Crippen LogP contribution in [0.15, 0.2) is 71.7 Å². The molecule has 4 aromatic rings. The zero-order chi connectivity index (χ0) is 22.2. The number of aliphatic imine (C=N–C) groups is 1. The van der Waals surface area contributed by atoms with E-state index in [1.165, 1.54) is 28.8 Å². The molecule has 0 heterocycles. The molecule has 0 aliphatic heterocycles. The van der Waals surface area contributed by atoms with Crippen molar-refractivity contribution < 1.29 is 10.0 Å². The van der Waals surface area contributed by atoms with Crippen LogP contribution in [0.2, 0.25) is 5.02 Å². The van der Waals surface area contributed by atoms with Crippen molar-refractivity contribution in [2.24, 2.45) is 4.99 Å². The Kier molecular flexibility index (Phi) is 5.11. The summed E-state index contributed by atoms with van der Waals surface area (Å²) < 4.78 is 0. The predicted molar refractivity (Wildman–Crippen MR) is 128 cm³/mol. The van der Waals surface area contributed by atoms with Gasteiger partial charge in [0.25, 0.3) is 0 Å². The molecule has 158 valence electrons. The zero-order valence-corrected chi connectivity index (χ0v) is 17.8. The normalized spacial score (nSPS) is 12.7. The van der Waals surface area contributed by atoms with Crippen molar-refractivity contribution in [2.45, 2.75) is 19.3 Å². The first-order chi connectivity index (χ1) is 15.5. The van der Waals surface area contributed by atoms with E-state index in [9.17, 15) is 15.2 Å². The summed E-state index contributed by atoms with van der Waals surface area (Å²) in [6.45, 7) is 0. The highest BCUT2D eigenvalue weighted by atomic mass is 35.5. The van der Waals surface area contributed by atoms with Crippen molar-refractivity contribution in [1.29, 1.82) is 0 Å². The Bertz CT molecular complexity index is 1400. The Morgan fingerprint density at radius 3 is 2.59 bits per heavy atom. The van der Waals surface area contributed by atoms with E-state index in [1.807, 2.05) is 36.4 Å². The van der Waals surface area contributed by atoms with Crippen LogP contribution in [0.3, 0.4) is 0 Å². The number of hydrogen-bond acceptors (Lipinski definition) is 4. The maximum atomic E-state index is 11.6. The Morgan fingerprint density at radius 2 is 1.81 bits per heavy atom. The lowest BCUT2D eigenvalue weighted by Crippen LogP contribution is -1.97. The van der Waals surface area contributed by atoms with Crippen molar-refractivity contribution in [3.63, 3.8) is 0 Å². The van der Waals surface area contributed by atoms with Crippen molar-refractivity contribution in [3.8, 4) is 5.75 Å². The average Bonchev–Trinajstić information content (AvgIpc) is 3.21. The molecule has 0 atom stereocenters. The lowest BCUT2D eigenvalue weighted by molar-refractivity contribution is -0.385. The summed E-state index contributed by atoms with van der Waals surface area (Å²) in [5.74, 6) is -0.396. The van der Waals surface area contributed by atoms with Gasteiger partial charge < -0.3 is 5.11 Å². The topological polar surface area (TPSA) is 75.7 Å². The van der Waals surface area contributed by atoms with E-state index in [1.54, 1.807) is 12.1 Å². The molecule has 0 amide bonds. The average molecular weight is 443 g/mol. The first kappa shape index (κ1) is 20.2. The molecule has 4 aromatic carbocycles. The molecule has 1 aliphatic carbocycles. The van der Waals surface area contributed by atoms with Gasteiger partial charge >= 0.3 is 5.69 Å². The lowest BCUT2D eigenvalue weighted by Gasteiger charge is -2.08. The van der Waals surface area contributed by atoms with E-state index in [-0.39, 0.29) is 5.69 Å². The van der Waals surface area contributed by atoms with Crippen LogP contribution in [-0.2, 0) is 19.3 Å². The van der Waals surface area contributed by atoms with E-state index < -0.39 is 10.7 Å². The number of phenols is 1.